The number of hydrogen-bond acceptors (Lipinski definition) is 2. The predicted octanol–water partition coefficient (Wildman–Crippen LogP) is 3.76. The molecule has 0 aliphatic heterocycles. The van der Waals surface area contributed by atoms with Crippen molar-refractivity contribution in [1.29, 1.82) is 0 Å². The van der Waals surface area contributed by atoms with Gasteiger partial charge in [0.25, 0.3) is 5.91 Å². The molecular formula is C13H12FNOS. The molecule has 0 spiro atoms. The Morgan fingerprint density at radius 1 is 1.24 bits per heavy atom. The normalized spacial score (nSPS) is 10.3. The van der Waals surface area contributed by atoms with Crippen LogP contribution in [0.2, 0.25) is 0 Å². The summed E-state index contributed by atoms with van der Waals surface area (Å²) < 4.78 is 13.1. The van der Waals surface area contributed by atoms with Crippen molar-refractivity contribution >= 4 is 22.9 Å². The first-order chi connectivity index (χ1) is 8.08. The molecule has 0 fully saturated rings. The minimum absolute atomic E-state index is 0.189. The Morgan fingerprint density at radius 3 is 2.65 bits per heavy atom. The van der Waals surface area contributed by atoms with Crippen molar-refractivity contribution in [3.63, 3.8) is 0 Å². The quantitative estimate of drug-likeness (QED) is 0.862. The van der Waals surface area contributed by atoms with Gasteiger partial charge in [-0.2, -0.15) is 0 Å². The zero-order chi connectivity index (χ0) is 12.4. The highest BCUT2D eigenvalue weighted by molar-refractivity contribution is 7.12. The second-order valence-corrected chi connectivity index (χ2v) is 4.76. The Kier molecular flexibility index (Phi) is 3.24. The number of benzene rings is 1. The van der Waals surface area contributed by atoms with Crippen LogP contribution in [0.4, 0.5) is 10.1 Å². The highest BCUT2D eigenvalue weighted by atomic mass is 32.1. The summed E-state index contributed by atoms with van der Waals surface area (Å²) in [6, 6.07) is 6.24. The summed E-state index contributed by atoms with van der Waals surface area (Å²) in [6.45, 7) is 3.71. The van der Waals surface area contributed by atoms with Gasteiger partial charge in [0.2, 0.25) is 0 Å². The Labute approximate surface area is 103 Å². The molecule has 1 N–H and O–H groups in total. The van der Waals surface area contributed by atoms with Crippen LogP contribution < -0.4 is 5.32 Å². The third-order valence-electron chi connectivity index (χ3n) is 2.52. The van der Waals surface area contributed by atoms with Gasteiger partial charge in [0.1, 0.15) is 5.82 Å². The molecule has 1 aromatic heterocycles. The number of amides is 1. The highest BCUT2D eigenvalue weighted by Gasteiger charge is 2.11. The molecule has 0 saturated carbocycles. The molecule has 0 bridgehead atoms. The molecule has 0 aliphatic rings. The van der Waals surface area contributed by atoms with Crippen LogP contribution in [0.15, 0.2) is 29.6 Å². The number of anilines is 1. The topological polar surface area (TPSA) is 29.1 Å². The lowest BCUT2D eigenvalue weighted by Crippen LogP contribution is -2.12. The van der Waals surface area contributed by atoms with Gasteiger partial charge >= 0.3 is 0 Å². The molecule has 0 unspecified atom stereocenters. The Bertz CT molecular complexity index is 562. The summed E-state index contributed by atoms with van der Waals surface area (Å²) in [4.78, 5) is 12.6. The van der Waals surface area contributed by atoms with E-state index in [0.29, 0.717) is 10.6 Å². The molecule has 1 amide bonds. The van der Waals surface area contributed by atoms with Crippen molar-refractivity contribution in [2.45, 2.75) is 13.8 Å². The Balaban J connectivity index is 2.24. The average molecular weight is 249 g/mol. The fraction of sp³-hybridized carbons (Fsp3) is 0.154. The SMILES string of the molecule is Cc1ccc(F)cc1NC(=O)c1sccc1C. The molecule has 0 saturated heterocycles. The molecule has 88 valence electrons. The Morgan fingerprint density at radius 2 is 2.00 bits per heavy atom. The van der Waals surface area contributed by atoms with Crippen LogP contribution in [-0.2, 0) is 0 Å². The average Bonchev–Trinajstić information content (AvgIpc) is 2.70. The molecule has 2 nitrogen and oxygen atoms in total. The molecular weight excluding hydrogens is 237 g/mol. The maximum Gasteiger partial charge on any atom is 0.266 e. The summed E-state index contributed by atoms with van der Waals surface area (Å²) in [5.74, 6) is -0.542. The zero-order valence-electron chi connectivity index (χ0n) is 9.58. The van der Waals surface area contributed by atoms with Gasteiger partial charge in [-0.05, 0) is 48.6 Å². The second kappa shape index (κ2) is 4.67. The van der Waals surface area contributed by atoms with Crippen LogP contribution in [0.1, 0.15) is 20.8 Å². The maximum absolute atomic E-state index is 13.1. The fourth-order valence-electron chi connectivity index (χ4n) is 1.51. The third kappa shape index (κ3) is 2.53. The molecule has 2 aromatic rings. The summed E-state index contributed by atoms with van der Waals surface area (Å²) in [5.41, 5.74) is 2.29. The van der Waals surface area contributed by atoms with Gasteiger partial charge in [0, 0.05) is 5.69 Å². The third-order valence-corrected chi connectivity index (χ3v) is 3.53. The molecule has 0 atom stereocenters. The molecule has 17 heavy (non-hydrogen) atoms. The Hall–Kier alpha value is -1.68. The van der Waals surface area contributed by atoms with Gasteiger partial charge in [-0.25, -0.2) is 4.39 Å². The van der Waals surface area contributed by atoms with Gasteiger partial charge < -0.3 is 5.32 Å². The van der Waals surface area contributed by atoms with E-state index in [9.17, 15) is 9.18 Å². The van der Waals surface area contributed by atoms with E-state index >= 15 is 0 Å². The van der Waals surface area contributed by atoms with E-state index < -0.39 is 0 Å². The molecule has 4 heteroatoms. The number of rotatable bonds is 2. The zero-order valence-corrected chi connectivity index (χ0v) is 10.4. The number of thiophene rings is 1. The lowest BCUT2D eigenvalue weighted by atomic mass is 10.2. The van der Waals surface area contributed by atoms with Gasteiger partial charge in [0.15, 0.2) is 0 Å². The number of halogens is 1. The van der Waals surface area contributed by atoms with Crippen LogP contribution >= 0.6 is 11.3 Å². The number of carbonyl (C=O) groups is 1. The summed E-state index contributed by atoms with van der Waals surface area (Å²) in [5, 5.41) is 4.59. The standard InChI is InChI=1S/C13H12FNOS/c1-8-3-4-10(14)7-11(8)15-13(16)12-9(2)5-6-17-12/h3-7H,1-2H3,(H,15,16). The maximum atomic E-state index is 13.1. The van der Waals surface area contributed by atoms with E-state index in [2.05, 4.69) is 5.32 Å². The lowest BCUT2D eigenvalue weighted by molar-refractivity contribution is 0.103. The summed E-state index contributed by atoms with van der Waals surface area (Å²) in [7, 11) is 0. The van der Waals surface area contributed by atoms with E-state index in [-0.39, 0.29) is 11.7 Å². The van der Waals surface area contributed by atoms with Crippen molar-refractivity contribution in [2.75, 3.05) is 5.32 Å². The van der Waals surface area contributed by atoms with E-state index in [0.717, 1.165) is 11.1 Å². The fourth-order valence-corrected chi connectivity index (χ4v) is 2.33. The van der Waals surface area contributed by atoms with Crippen molar-refractivity contribution in [2.24, 2.45) is 0 Å². The number of nitrogens with one attached hydrogen (secondary N) is 1. The van der Waals surface area contributed by atoms with E-state index in [4.69, 9.17) is 0 Å². The van der Waals surface area contributed by atoms with E-state index in [1.165, 1.54) is 23.5 Å². The number of aryl methyl sites for hydroxylation is 2. The van der Waals surface area contributed by atoms with Crippen LogP contribution in [0.5, 0.6) is 0 Å². The smallest absolute Gasteiger partial charge is 0.266 e. The molecule has 1 heterocycles. The van der Waals surface area contributed by atoms with E-state index in [1.54, 1.807) is 6.07 Å². The molecule has 0 aliphatic carbocycles. The van der Waals surface area contributed by atoms with Crippen molar-refractivity contribution in [1.82, 2.24) is 0 Å². The first kappa shape index (κ1) is 11.8. The van der Waals surface area contributed by atoms with Gasteiger partial charge in [-0.3, -0.25) is 4.79 Å². The minimum atomic E-state index is -0.353. The number of carbonyl (C=O) groups excluding carboxylic acids is 1. The predicted molar refractivity (Wildman–Crippen MR) is 68.1 cm³/mol. The van der Waals surface area contributed by atoms with Crippen molar-refractivity contribution < 1.29 is 9.18 Å². The second-order valence-electron chi connectivity index (χ2n) is 3.85. The monoisotopic (exact) mass is 249 g/mol. The molecule has 1 aromatic carbocycles. The van der Waals surface area contributed by atoms with Crippen LogP contribution in [0, 0.1) is 19.7 Å². The van der Waals surface area contributed by atoms with Gasteiger partial charge in [-0.1, -0.05) is 6.07 Å². The summed E-state index contributed by atoms with van der Waals surface area (Å²) in [6.07, 6.45) is 0. The van der Waals surface area contributed by atoms with Crippen molar-refractivity contribution in [3.8, 4) is 0 Å². The first-order valence-electron chi connectivity index (χ1n) is 5.19. The van der Waals surface area contributed by atoms with E-state index in [1.807, 2.05) is 25.3 Å². The van der Waals surface area contributed by atoms with Crippen LogP contribution in [0.25, 0.3) is 0 Å². The van der Waals surface area contributed by atoms with Gasteiger partial charge in [-0.15, -0.1) is 11.3 Å². The van der Waals surface area contributed by atoms with Crippen LogP contribution in [0.3, 0.4) is 0 Å². The molecule has 0 radical (unpaired) electrons. The van der Waals surface area contributed by atoms with Crippen molar-refractivity contribution in [3.05, 3.63) is 51.5 Å². The summed E-state index contributed by atoms with van der Waals surface area (Å²) >= 11 is 1.38. The highest BCUT2D eigenvalue weighted by Crippen LogP contribution is 2.20. The molecule has 2 rings (SSSR count). The largest absolute Gasteiger partial charge is 0.321 e. The van der Waals surface area contributed by atoms with Crippen LogP contribution in [-0.4, -0.2) is 5.91 Å². The minimum Gasteiger partial charge on any atom is -0.321 e. The first-order valence-corrected chi connectivity index (χ1v) is 6.07. The lowest BCUT2D eigenvalue weighted by Gasteiger charge is -2.07. The number of hydrogen-bond donors (Lipinski definition) is 1. The van der Waals surface area contributed by atoms with Gasteiger partial charge in [0.05, 0.1) is 4.88 Å².